The maximum absolute atomic E-state index is 13.0. The molecule has 0 bridgehead atoms. The van der Waals surface area contributed by atoms with E-state index in [1.807, 2.05) is 27.2 Å². The summed E-state index contributed by atoms with van der Waals surface area (Å²) in [6.07, 6.45) is 71.8. The van der Waals surface area contributed by atoms with E-state index in [1.165, 1.54) is 205 Å². The number of unbranched alkanes of at least 4 members (excludes halogenated alkanes) is 34. The number of nitrogens with zero attached hydrogens (tertiary/aromatic N) is 1. The average molecular weight is 1020 g/mol. The molecule has 0 aliphatic rings. The van der Waals surface area contributed by atoms with Gasteiger partial charge >= 0.3 is 0 Å². The van der Waals surface area contributed by atoms with Gasteiger partial charge in [0.15, 0.2) is 0 Å². The van der Waals surface area contributed by atoms with E-state index >= 15 is 0 Å². The monoisotopic (exact) mass is 1020 g/mol. The van der Waals surface area contributed by atoms with Gasteiger partial charge in [-0.05, 0) is 77.0 Å². The van der Waals surface area contributed by atoms with Gasteiger partial charge in [0, 0.05) is 6.42 Å². The zero-order valence-corrected chi connectivity index (χ0v) is 48.3. The number of phosphoric acid groups is 1. The van der Waals surface area contributed by atoms with Gasteiger partial charge in [-0.1, -0.05) is 254 Å². The molecule has 416 valence electrons. The zero-order chi connectivity index (χ0) is 52.0. The number of aliphatic hydroxyl groups is 1. The minimum Gasteiger partial charge on any atom is -0.756 e. The van der Waals surface area contributed by atoms with Gasteiger partial charge < -0.3 is 28.8 Å². The molecule has 0 rings (SSSR count). The fourth-order valence-electron chi connectivity index (χ4n) is 8.69. The summed E-state index contributed by atoms with van der Waals surface area (Å²) in [4.78, 5) is 25.5. The molecule has 0 aromatic heterocycles. The molecule has 71 heavy (non-hydrogen) atoms. The van der Waals surface area contributed by atoms with Crippen LogP contribution in [0.4, 0.5) is 0 Å². The maximum Gasteiger partial charge on any atom is 0.268 e. The van der Waals surface area contributed by atoms with Crippen molar-refractivity contribution in [2.75, 3.05) is 40.9 Å². The lowest BCUT2D eigenvalue weighted by Crippen LogP contribution is -2.45. The normalized spacial score (nSPS) is 14.3. The van der Waals surface area contributed by atoms with E-state index in [4.69, 9.17) is 9.05 Å². The highest BCUT2D eigenvalue weighted by molar-refractivity contribution is 7.45. The number of allylic oxidation sites excluding steroid dienone is 9. The van der Waals surface area contributed by atoms with Crippen LogP contribution in [0.3, 0.4) is 0 Å². The predicted octanol–water partition coefficient (Wildman–Crippen LogP) is 17.9. The van der Waals surface area contributed by atoms with Crippen molar-refractivity contribution in [3.05, 3.63) is 60.8 Å². The molecule has 1 amide bonds. The standard InChI is InChI=1S/C62H117N2O6P/c1-6-8-10-12-14-16-18-20-22-24-25-26-27-28-29-30-31-32-33-34-35-36-37-38-39-40-42-44-46-48-50-52-54-56-62(66)63-60(59-70-71(67,68)69-58-57-64(3,4)5)61(65)55-53-51-49-47-45-43-41-23-21-19-17-15-13-11-9-7-2/h21,23,25-26,28-29,45,47,53,55,60-61,65H,6-20,22,24,27,30-44,46,48-52,54,56-59H2,1-5H3,(H-,63,66,67,68)/b23-21+,26-25-,29-28-,47-45+,55-53+. The van der Waals surface area contributed by atoms with Crippen LogP contribution in [-0.4, -0.2) is 68.5 Å². The Kier molecular flexibility index (Phi) is 51.7. The highest BCUT2D eigenvalue weighted by Crippen LogP contribution is 2.38. The van der Waals surface area contributed by atoms with Crippen LogP contribution < -0.4 is 10.2 Å². The van der Waals surface area contributed by atoms with E-state index in [-0.39, 0.29) is 12.5 Å². The van der Waals surface area contributed by atoms with Crippen molar-refractivity contribution in [1.82, 2.24) is 5.32 Å². The summed E-state index contributed by atoms with van der Waals surface area (Å²) in [7, 11) is 1.24. The molecular weight excluding hydrogens is 900 g/mol. The Morgan fingerprint density at radius 1 is 0.493 bits per heavy atom. The second-order valence-corrected chi connectivity index (χ2v) is 23.1. The van der Waals surface area contributed by atoms with Gasteiger partial charge in [-0.15, -0.1) is 0 Å². The van der Waals surface area contributed by atoms with Gasteiger partial charge in [-0.3, -0.25) is 9.36 Å². The van der Waals surface area contributed by atoms with Crippen LogP contribution in [0.25, 0.3) is 0 Å². The van der Waals surface area contributed by atoms with E-state index in [0.29, 0.717) is 17.4 Å². The number of hydrogen-bond acceptors (Lipinski definition) is 6. The number of phosphoric ester groups is 1. The van der Waals surface area contributed by atoms with Crippen LogP contribution in [-0.2, 0) is 18.4 Å². The summed E-state index contributed by atoms with van der Waals surface area (Å²) in [5.74, 6) is -0.210. The van der Waals surface area contributed by atoms with Gasteiger partial charge in [-0.25, -0.2) is 0 Å². The minimum atomic E-state index is -4.61. The molecule has 0 radical (unpaired) electrons. The molecule has 3 atom stereocenters. The number of rotatable bonds is 55. The van der Waals surface area contributed by atoms with Gasteiger partial charge in [-0.2, -0.15) is 0 Å². The van der Waals surface area contributed by atoms with Crippen molar-refractivity contribution in [1.29, 1.82) is 0 Å². The van der Waals surface area contributed by atoms with Crippen molar-refractivity contribution >= 4 is 13.7 Å². The van der Waals surface area contributed by atoms with Crippen molar-refractivity contribution in [2.45, 2.75) is 289 Å². The summed E-state index contributed by atoms with van der Waals surface area (Å²) in [6, 6.07) is -0.911. The quantitative estimate of drug-likeness (QED) is 0.0272. The van der Waals surface area contributed by atoms with Gasteiger partial charge in [0.1, 0.15) is 13.2 Å². The Morgan fingerprint density at radius 2 is 0.831 bits per heavy atom. The maximum atomic E-state index is 13.0. The summed E-state index contributed by atoms with van der Waals surface area (Å²) in [6.45, 7) is 4.63. The van der Waals surface area contributed by atoms with Crippen LogP contribution in [0.1, 0.15) is 277 Å². The van der Waals surface area contributed by atoms with Crippen molar-refractivity contribution < 1.29 is 32.9 Å². The first-order chi connectivity index (χ1) is 34.5. The molecule has 8 nitrogen and oxygen atoms in total. The molecule has 9 heteroatoms. The Bertz CT molecular complexity index is 1340. The fraction of sp³-hybridized carbons (Fsp3) is 0.823. The highest BCUT2D eigenvalue weighted by Gasteiger charge is 2.23. The Balaban J connectivity index is 4.09. The number of nitrogens with one attached hydrogen (secondary N) is 1. The molecule has 0 aromatic rings. The molecule has 2 N–H and O–H groups in total. The number of quaternary nitrogens is 1. The first kappa shape index (κ1) is 69.2. The van der Waals surface area contributed by atoms with Gasteiger partial charge in [0.25, 0.3) is 7.82 Å². The molecule has 0 fully saturated rings. The predicted molar refractivity (Wildman–Crippen MR) is 307 cm³/mol. The molecule has 0 saturated heterocycles. The van der Waals surface area contributed by atoms with Gasteiger partial charge in [0.2, 0.25) is 5.91 Å². The molecule has 0 aliphatic carbocycles. The summed E-state index contributed by atoms with van der Waals surface area (Å²) in [5, 5.41) is 13.8. The van der Waals surface area contributed by atoms with Crippen molar-refractivity contribution in [3.63, 3.8) is 0 Å². The molecular formula is C62H117N2O6P. The van der Waals surface area contributed by atoms with Crippen LogP contribution in [0.2, 0.25) is 0 Å². The average Bonchev–Trinajstić information content (AvgIpc) is 3.33. The molecule has 0 heterocycles. The molecule has 0 saturated carbocycles. The lowest BCUT2D eigenvalue weighted by molar-refractivity contribution is -0.870. The topological polar surface area (TPSA) is 108 Å². The molecule has 0 spiro atoms. The first-order valence-corrected chi connectivity index (χ1v) is 31.6. The Morgan fingerprint density at radius 3 is 1.23 bits per heavy atom. The number of likely N-dealkylation sites (N-methyl/N-ethyl adjacent to an activating group) is 1. The SMILES string of the molecule is CCCCCCCC/C=C/CC/C=C/CC/C=C/C(O)C(COP(=O)([O-])OCC[N+](C)(C)C)NC(=O)CCCCCCCCCCCCCCCCCCC/C=C\C/C=C\CCCCCCCCCCC. The van der Waals surface area contributed by atoms with E-state index in [1.54, 1.807) is 6.08 Å². The minimum absolute atomic E-state index is 0.00970. The second-order valence-electron chi connectivity index (χ2n) is 21.7. The van der Waals surface area contributed by atoms with Crippen LogP contribution >= 0.6 is 7.82 Å². The number of amides is 1. The number of carbonyl (C=O) groups excluding carboxylic acids is 1. The number of aliphatic hydroxyl groups excluding tert-OH is 1. The number of hydrogen-bond donors (Lipinski definition) is 2. The third-order valence-corrected chi connectivity index (χ3v) is 14.4. The molecule has 3 unspecified atom stereocenters. The fourth-order valence-corrected chi connectivity index (χ4v) is 9.41. The zero-order valence-electron chi connectivity index (χ0n) is 47.4. The number of carbonyl (C=O) groups is 1. The largest absolute Gasteiger partial charge is 0.756 e. The summed E-state index contributed by atoms with van der Waals surface area (Å²) in [5.41, 5.74) is 0. The lowest BCUT2D eigenvalue weighted by atomic mass is 10.0. The molecule has 0 aromatic carbocycles. The summed E-state index contributed by atoms with van der Waals surface area (Å²) < 4.78 is 23.3. The second kappa shape index (κ2) is 53.0. The van der Waals surface area contributed by atoms with E-state index in [9.17, 15) is 19.4 Å². The highest BCUT2D eigenvalue weighted by atomic mass is 31.2. The van der Waals surface area contributed by atoms with Crippen molar-refractivity contribution in [2.24, 2.45) is 0 Å². The van der Waals surface area contributed by atoms with E-state index < -0.39 is 26.6 Å². The summed E-state index contributed by atoms with van der Waals surface area (Å²) >= 11 is 0. The molecule has 0 aliphatic heterocycles. The van der Waals surface area contributed by atoms with E-state index in [2.05, 4.69) is 67.8 Å². The Labute approximate surface area is 441 Å². The smallest absolute Gasteiger partial charge is 0.268 e. The lowest BCUT2D eigenvalue weighted by Gasteiger charge is -2.29. The Hall–Kier alpha value is -1.80. The first-order valence-electron chi connectivity index (χ1n) is 30.2. The van der Waals surface area contributed by atoms with Crippen LogP contribution in [0, 0.1) is 0 Å². The van der Waals surface area contributed by atoms with Crippen LogP contribution in [0.5, 0.6) is 0 Å². The van der Waals surface area contributed by atoms with Gasteiger partial charge in [0.05, 0.1) is 39.9 Å². The van der Waals surface area contributed by atoms with Crippen LogP contribution in [0.15, 0.2) is 60.8 Å². The third-order valence-electron chi connectivity index (χ3n) is 13.4. The third kappa shape index (κ3) is 55.8. The van der Waals surface area contributed by atoms with Crippen molar-refractivity contribution in [3.8, 4) is 0 Å². The van der Waals surface area contributed by atoms with E-state index in [0.717, 1.165) is 51.4 Å².